The van der Waals surface area contributed by atoms with Crippen molar-refractivity contribution in [2.24, 2.45) is 0 Å². The number of nitrogens with one attached hydrogen (secondary N) is 2. The SMILES string of the molecule is O=C1CCC(N2Cc3cc(C(=O)N[C@H](c4ccc(CN5CCCC5)cc4)C(F)(F)F)ccc3C2=O)C(=O)N1. The molecule has 2 fully saturated rings. The van der Waals surface area contributed by atoms with E-state index in [0.29, 0.717) is 12.1 Å². The Labute approximate surface area is 217 Å². The van der Waals surface area contributed by atoms with Crippen molar-refractivity contribution in [2.75, 3.05) is 13.1 Å². The number of alkyl halides is 3. The third-order valence-electron chi connectivity index (χ3n) is 7.31. The van der Waals surface area contributed by atoms with Gasteiger partial charge < -0.3 is 10.2 Å². The summed E-state index contributed by atoms with van der Waals surface area (Å²) >= 11 is 0. The van der Waals surface area contributed by atoms with E-state index in [1.54, 1.807) is 12.1 Å². The third-order valence-corrected chi connectivity index (χ3v) is 7.31. The van der Waals surface area contributed by atoms with Crippen molar-refractivity contribution < 1.29 is 32.3 Å². The molecule has 3 aliphatic heterocycles. The van der Waals surface area contributed by atoms with E-state index < -0.39 is 41.9 Å². The van der Waals surface area contributed by atoms with E-state index in [2.05, 4.69) is 15.5 Å². The van der Waals surface area contributed by atoms with Crippen LogP contribution in [0.15, 0.2) is 42.5 Å². The number of piperidine rings is 1. The number of hydrogen-bond acceptors (Lipinski definition) is 5. The van der Waals surface area contributed by atoms with E-state index >= 15 is 0 Å². The number of nitrogens with zero attached hydrogens (tertiary/aromatic N) is 2. The summed E-state index contributed by atoms with van der Waals surface area (Å²) in [6.07, 6.45) is -2.20. The molecule has 4 amide bonds. The van der Waals surface area contributed by atoms with Crippen molar-refractivity contribution in [3.63, 3.8) is 0 Å². The second kappa shape index (κ2) is 10.2. The second-order valence-electron chi connectivity index (χ2n) is 9.94. The molecule has 200 valence electrons. The topological polar surface area (TPSA) is 98.8 Å². The Hall–Kier alpha value is -3.73. The van der Waals surface area contributed by atoms with Gasteiger partial charge in [0.1, 0.15) is 6.04 Å². The lowest BCUT2D eigenvalue weighted by Gasteiger charge is -2.29. The molecule has 2 aromatic carbocycles. The summed E-state index contributed by atoms with van der Waals surface area (Å²) < 4.78 is 41.9. The summed E-state index contributed by atoms with van der Waals surface area (Å²) in [5.41, 5.74) is 1.51. The molecule has 0 radical (unpaired) electrons. The largest absolute Gasteiger partial charge is 0.412 e. The normalized spacial score (nSPS) is 20.9. The number of benzene rings is 2. The minimum atomic E-state index is -4.72. The lowest BCUT2D eigenvalue weighted by molar-refractivity contribution is -0.155. The fourth-order valence-electron chi connectivity index (χ4n) is 5.30. The zero-order valence-electron chi connectivity index (χ0n) is 20.5. The van der Waals surface area contributed by atoms with Crippen LogP contribution in [0.4, 0.5) is 13.2 Å². The van der Waals surface area contributed by atoms with Gasteiger partial charge in [0.2, 0.25) is 11.8 Å². The predicted molar refractivity (Wildman–Crippen MR) is 130 cm³/mol. The Kier molecular flexibility index (Phi) is 6.95. The van der Waals surface area contributed by atoms with E-state index in [9.17, 15) is 32.3 Å². The summed E-state index contributed by atoms with van der Waals surface area (Å²) in [5, 5.41) is 4.31. The first-order valence-electron chi connectivity index (χ1n) is 12.6. The maximum Gasteiger partial charge on any atom is 0.412 e. The average molecular weight is 529 g/mol. The molecule has 2 aromatic rings. The Morgan fingerprint density at radius 2 is 1.76 bits per heavy atom. The summed E-state index contributed by atoms with van der Waals surface area (Å²) in [6.45, 7) is 2.64. The standard InChI is InChI=1S/C27H27F3N4O4/c28-27(29,30)23(17-5-3-16(4-6-17)14-33-11-1-2-12-33)32-24(36)18-7-8-20-19(13-18)15-34(26(20)38)21-9-10-22(35)31-25(21)37/h3-8,13,21,23H,1-2,9-12,14-15H2,(H,32,36)(H,31,35,37)/t21?,23-/m1/s1. The van der Waals surface area contributed by atoms with Crippen molar-refractivity contribution in [3.05, 3.63) is 70.3 Å². The fourth-order valence-corrected chi connectivity index (χ4v) is 5.30. The molecule has 5 rings (SSSR count). The second-order valence-corrected chi connectivity index (χ2v) is 9.94. The molecule has 2 atom stereocenters. The van der Waals surface area contributed by atoms with E-state index in [0.717, 1.165) is 31.5 Å². The minimum absolute atomic E-state index is 0.0166. The van der Waals surface area contributed by atoms with E-state index in [1.165, 1.54) is 35.2 Å². The molecular weight excluding hydrogens is 501 g/mol. The first-order chi connectivity index (χ1) is 18.1. The van der Waals surface area contributed by atoms with Crippen LogP contribution in [-0.4, -0.2) is 58.7 Å². The Morgan fingerprint density at radius 1 is 1.05 bits per heavy atom. The van der Waals surface area contributed by atoms with Crippen LogP contribution < -0.4 is 10.6 Å². The smallest absolute Gasteiger partial charge is 0.337 e. The van der Waals surface area contributed by atoms with Gasteiger partial charge in [0, 0.05) is 30.6 Å². The number of fused-ring (bicyclic) bond motifs is 1. The number of likely N-dealkylation sites (tertiary alicyclic amines) is 1. The quantitative estimate of drug-likeness (QED) is 0.562. The summed E-state index contributed by atoms with van der Waals surface area (Å²) in [5.74, 6) is -2.33. The van der Waals surface area contributed by atoms with Crippen molar-refractivity contribution in [2.45, 2.75) is 57.0 Å². The highest BCUT2D eigenvalue weighted by atomic mass is 19.4. The van der Waals surface area contributed by atoms with Crippen LogP contribution in [0, 0.1) is 0 Å². The molecule has 8 nitrogen and oxygen atoms in total. The molecule has 0 aliphatic carbocycles. The summed E-state index contributed by atoms with van der Waals surface area (Å²) in [4.78, 5) is 53.0. The highest BCUT2D eigenvalue weighted by Gasteiger charge is 2.43. The first-order valence-corrected chi connectivity index (χ1v) is 12.6. The number of carbonyl (C=O) groups is 4. The molecule has 3 heterocycles. The summed E-state index contributed by atoms with van der Waals surface area (Å²) in [7, 11) is 0. The molecule has 1 unspecified atom stereocenters. The Bertz CT molecular complexity index is 1270. The monoisotopic (exact) mass is 528 g/mol. The van der Waals surface area contributed by atoms with Gasteiger partial charge in [-0.2, -0.15) is 13.2 Å². The molecule has 0 bridgehead atoms. The minimum Gasteiger partial charge on any atom is -0.337 e. The van der Waals surface area contributed by atoms with Crippen LogP contribution in [0.25, 0.3) is 0 Å². The number of carbonyl (C=O) groups excluding carboxylic acids is 4. The maximum atomic E-state index is 14.0. The Balaban J connectivity index is 1.30. The van der Waals surface area contributed by atoms with Crippen molar-refractivity contribution in [1.29, 1.82) is 0 Å². The van der Waals surface area contributed by atoms with E-state index in [1.807, 2.05) is 0 Å². The highest BCUT2D eigenvalue weighted by molar-refractivity contribution is 6.06. The van der Waals surface area contributed by atoms with Gasteiger partial charge in [-0.3, -0.25) is 29.4 Å². The molecule has 2 N–H and O–H groups in total. The van der Waals surface area contributed by atoms with Crippen LogP contribution in [0.5, 0.6) is 0 Å². The number of halogens is 3. The molecule has 2 saturated heterocycles. The van der Waals surface area contributed by atoms with Crippen LogP contribution in [-0.2, 0) is 22.7 Å². The average Bonchev–Trinajstić information content (AvgIpc) is 3.50. The number of imide groups is 1. The molecule has 38 heavy (non-hydrogen) atoms. The number of hydrogen-bond donors (Lipinski definition) is 2. The van der Waals surface area contributed by atoms with Crippen molar-refractivity contribution in [3.8, 4) is 0 Å². The van der Waals surface area contributed by atoms with Crippen LogP contribution in [0.2, 0.25) is 0 Å². The molecular formula is C27H27F3N4O4. The first kappa shape index (κ1) is 25.9. The van der Waals surface area contributed by atoms with Gasteiger partial charge in [-0.1, -0.05) is 24.3 Å². The lowest BCUT2D eigenvalue weighted by atomic mass is 10.0. The van der Waals surface area contributed by atoms with Gasteiger partial charge in [-0.05, 0) is 67.2 Å². The van der Waals surface area contributed by atoms with Gasteiger partial charge in [-0.15, -0.1) is 0 Å². The van der Waals surface area contributed by atoms with Gasteiger partial charge in [0.05, 0.1) is 0 Å². The molecule has 3 aliphatic rings. The predicted octanol–water partition coefficient (Wildman–Crippen LogP) is 3.08. The molecule has 11 heteroatoms. The van der Waals surface area contributed by atoms with Crippen LogP contribution >= 0.6 is 0 Å². The summed E-state index contributed by atoms with van der Waals surface area (Å²) in [6, 6.07) is 7.12. The lowest BCUT2D eigenvalue weighted by Crippen LogP contribution is -2.52. The van der Waals surface area contributed by atoms with Crippen molar-refractivity contribution >= 4 is 23.6 Å². The zero-order valence-corrected chi connectivity index (χ0v) is 20.5. The van der Waals surface area contributed by atoms with Crippen LogP contribution in [0.1, 0.15) is 69.1 Å². The molecule has 0 saturated carbocycles. The number of amides is 4. The third kappa shape index (κ3) is 5.28. The molecule has 0 spiro atoms. The highest BCUT2D eigenvalue weighted by Crippen LogP contribution is 2.34. The van der Waals surface area contributed by atoms with Gasteiger partial charge in [0.25, 0.3) is 11.8 Å². The van der Waals surface area contributed by atoms with Gasteiger partial charge >= 0.3 is 6.18 Å². The van der Waals surface area contributed by atoms with E-state index in [-0.39, 0.29) is 36.1 Å². The van der Waals surface area contributed by atoms with E-state index in [4.69, 9.17) is 0 Å². The molecule has 0 aromatic heterocycles. The van der Waals surface area contributed by atoms with Crippen LogP contribution in [0.3, 0.4) is 0 Å². The van der Waals surface area contributed by atoms with Gasteiger partial charge in [-0.25, -0.2) is 0 Å². The fraction of sp³-hybridized carbons (Fsp3) is 0.407. The number of rotatable bonds is 6. The Morgan fingerprint density at radius 3 is 2.42 bits per heavy atom. The maximum absolute atomic E-state index is 14.0. The van der Waals surface area contributed by atoms with Crippen molar-refractivity contribution in [1.82, 2.24) is 20.4 Å². The zero-order chi connectivity index (χ0) is 27.0. The van der Waals surface area contributed by atoms with Gasteiger partial charge in [0.15, 0.2) is 6.04 Å².